The molecule has 4 rings (SSSR count). The summed E-state index contributed by atoms with van der Waals surface area (Å²) in [6, 6.07) is 18.4. The van der Waals surface area contributed by atoms with Gasteiger partial charge in [0.25, 0.3) is 0 Å². The quantitative estimate of drug-likeness (QED) is 0.407. The largest absolute Gasteiger partial charge is 0.0683 e. The number of benzene rings is 3. The highest BCUT2D eigenvalue weighted by atomic mass is 14.4. The molecule has 144 valence electrons. The van der Waals surface area contributed by atoms with Crippen LogP contribution in [0.5, 0.6) is 0 Å². The molecule has 0 fully saturated rings. The lowest BCUT2D eigenvalue weighted by Crippen LogP contribution is -2.15. The van der Waals surface area contributed by atoms with Gasteiger partial charge in [0.05, 0.1) is 0 Å². The summed E-state index contributed by atoms with van der Waals surface area (Å²) in [6.45, 7) is 17.4. The highest BCUT2D eigenvalue weighted by Crippen LogP contribution is 2.49. The lowest BCUT2D eigenvalue weighted by atomic mass is 9.81. The fourth-order valence-corrected chi connectivity index (χ4v) is 3.71. The summed E-state index contributed by atoms with van der Waals surface area (Å²) in [5.74, 6) is 0. The number of unbranched alkanes of at least 4 members (excludes halogenated alkanes) is 1. The molecular formula is C27H36. The predicted octanol–water partition coefficient (Wildman–Crippen LogP) is 8.60. The van der Waals surface area contributed by atoms with Gasteiger partial charge in [0.2, 0.25) is 0 Å². The van der Waals surface area contributed by atoms with Gasteiger partial charge in [0.1, 0.15) is 0 Å². The van der Waals surface area contributed by atoms with E-state index in [2.05, 4.69) is 90.1 Å². The Bertz CT molecular complexity index is 911. The minimum Gasteiger partial charge on any atom is -0.0683 e. The average Bonchev–Trinajstić information content (AvgIpc) is 2.88. The first kappa shape index (κ1) is 21.2. The van der Waals surface area contributed by atoms with Crippen molar-refractivity contribution in [2.75, 3.05) is 0 Å². The van der Waals surface area contributed by atoms with Crippen LogP contribution < -0.4 is 0 Å². The van der Waals surface area contributed by atoms with E-state index in [-0.39, 0.29) is 5.41 Å². The maximum absolute atomic E-state index is 2.40. The number of fused-ring (bicyclic) bond motifs is 4. The zero-order valence-electron chi connectivity index (χ0n) is 18.5. The van der Waals surface area contributed by atoms with Crippen LogP contribution in [0.1, 0.15) is 76.6 Å². The van der Waals surface area contributed by atoms with Gasteiger partial charge >= 0.3 is 0 Å². The third-order valence-electron chi connectivity index (χ3n) is 5.44. The van der Waals surface area contributed by atoms with Crippen LogP contribution >= 0.6 is 0 Å². The standard InChI is InChI=1S/C21H20.C4H10.C2H6/c1-13-5-7-15-11-18-17-8-6-14(2)10-19(17)21(3,4)20(18)12-16(15)9-13;1-3-4-2;1-2/h5-12H,1-4H3;3-4H2,1-2H3;1-2H3. The smallest absolute Gasteiger partial charge is 0.0159 e. The second kappa shape index (κ2) is 8.74. The van der Waals surface area contributed by atoms with Gasteiger partial charge in [-0.15, -0.1) is 0 Å². The Balaban J connectivity index is 0.000000389. The Morgan fingerprint density at radius 2 is 1.19 bits per heavy atom. The van der Waals surface area contributed by atoms with Crippen molar-refractivity contribution < 1.29 is 0 Å². The van der Waals surface area contributed by atoms with Gasteiger partial charge < -0.3 is 0 Å². The SMILES string of the molecule is CC.CCCC.Cc1ccc2c(c1)C(C)(C)c1cc3cc(C)ccc3cc1-2. The minimum atomic E-state index is 0.0919. The van der Waals surface area contributed by atoms with E-state index < -0.39 is 0 Å². The van der Waals surface area contributed by atoms with Crippen molar-refractivity contribution in [2.24, 2.45) is 0 Å². The van der Waals surface area contributed by atoms with Crippen LogP contribution in [0.25, 0.3) is 21.9 Å². The van der Waals surface area contributed by atoms with E-state index in [1.165, 1.54) is 57.0 Å². The molecule has 0 aliphatic heterocycles. The topological polar surface area (TPSA) is 0 Å². The highest BCUT2D eigenvalue weighted by molar-refractivity contribution is 5.93. The average molecular weight is 361 g/mol. The molecule has 0 amide bonds. The Kier molecular flexibility index (Phi) is 6.87. The van der Waals surface area contributed by atoms with Gasteiger partial charge in [-0.2, -0.15) is 0 Å². The van der Waals surface area contributed by atoms with Crippen LogP contribution in [0.4, 0.5) is 0 Å². The molecule has 27 heavy (non-hydrogen) atoms. The van der Waals surface area contributed by atoms with Crippen molar-refractivity contribution in [3.63, 3.8) is 0 Å². The normalized spacial score (nSPS) is 13.0. The number of aryl methyl sites for hydroxylation is 2. The van der Waals surface area contributed by atoms with E-state index in [0.717, 1.165) is 0 Å². The molecule has 1 aliphatic rings. The summed E-state index contributed by atoms with van der Waals surface area (Å²) in [4.78, 5) is 0. The number of hydrogen-bond acceptors (Lipinski definition) is 0. The van der Waals surface area contributed by atoms with E-state index in [1.807, 2.05) is 13.8 Å². The summed E-state index contributed by atoms with van der Waals surface area (Å²) < 4.78 is 0. The maximum Gasteiger partial charge on any atom is 0.0159 e. The summed E-state index contributed by atoms with van der Waals surface area (Å²) in [6.07, 6.45) is 2.64. The molecule has 0 radical (unpaired) electrons. The van der Waals surface area contributed by atoms with Crippen LogP contribution in [0.15, 0.2) is 48.5 Å². The lowest BCUT2D eigenvalue weighted by molar-refractivity contribution is 0.660. The highest BCUT2D eigenvalue weighted by Gasteiger charge is 2.35. The molecule has 0 heteroatoms. The molecule has 3 aromatic carbocycles. The van der Waals surface area contributed by atoms with E-state index in [0.29, 0.717) is 0 Å². The summed E-state index contributed by atoms with van der Waals surface area (Å²) >= 11 is 0. The van der Waals surface area contributed by atoms with E-state index in [9.17, 15) is 0 Å². The number of hydrogen-bond donors (Lipinski definition) is 0. The van der Waals surface area contributed by atoms with E-state index in [4.69, 9.17) is 0 Å². The Morgan fingerprint density at radius 1 is 0.630 bits per heavy atom. The van der Waals surface area contributed by atoms with Crippen LogP contribution in [0.3, 0.4) is 0 Å². The molecule has 0 saturated carbocycles. The zero-order valence-corrected chi connectivity index (χ0v) is 18.5. The van der Waals surface area contributed by atoms with Crippen molar-refractivity contribution in [2.45, 2.75) is 73.6 Å². The third kappa shape index (κ3) is 4.10. The second-order valence-electron chi connectivity index (χ2n) is 7.92. The van der Waals surface area contributed by atoms with Crippen LogP contribution in [-0.2, 0) is 5.41 Å². The predicted molar refractivity (Wildman–Crippen MR) is 123 cm³/mol. The molecule has 0 heterocycles. The first-order chi connectivity index (χ1) is 12.9. The summed E-state index contributed by atoms with van der Waals surface area (Å²) in [5, 5.41) is 2.69. The second-order valence-corrected chi connectivity index (χ2v) is 7.92. The van der Waals surface area contributed by atoms with E-state index in [1.54, 1.807) is 0 Å². The minimum absolute atomic E-state index is 0.0919. The molecule has 0 spiro atoms. The first-order valence-corrected chi connectivity index (χ1v) is 10.5. The van der Waals surface area contributed by atoms with Crippen LogP contribution in [0, 0.1) is 13.8 Å². The molecule has 0 saturated heterocycles. The number of rotatable bonds is 1. The molecule has 0 atom stereocenters. The van der Waals surface area contributed by atoms with Gasteiger partial charge in [-0.25, -0.2) is 0 Å². The fourth-order valence-electron chi connectivity index (χ4n) is 3.71. The van der Waals surface area contributed by atoms with Crippen molar-refractivity contribution in [3.05, 3.63) is 70.8 Å². The molecular weight excluding hydrogens is 324 g/mol. The summed E-state index contributed by atoms with van der Waals surface area (Å²) in [5.41, 5.74) is 8.50. The van der Waals surface area contributed by atoms with Crippen LogP contribution in [-0.4, -0.2) is 0 Å². The fraction of sp³-hybridized carbons (Fsp3) is 0.407. The maximum atomic E-state index is 2.40. The summed E-state index contributed by atoms with van der Waals surface area (Å²) in [7, 11) is 0. The molecule has 3 aromatic rings. The Morgan fingerprint density at radius 3 is 1.81 bits per heavy atom. The van der Waals surface area contributed by atoms with Crippen molar-refractivity contribution >= 4 is 10.8 Å². The molecule has 0 aromatic heterocycles. The zero-order chi connectivity index (χ0) is 20.2. The van der Waals surface area contributed by atoms with E-state index >= 15 is 0 Å². The monoisotopic (exact) mass is 360 g/mol. The first-order valence-electron chi connectivity index (χ1n) is 10.5. The Hall–Kier alpha value is -2.08. The van der Waals surface area contributed by atoms with Crippen molar-refractivity contribution in [1.82, 2.24) is 0 Å². The molecule has 1 aliphatic carbocycles. The van der Waals surface area contributed by atoms with Crippen molar-refractivity contribution in [3.8, 4) is 11.1 Å². The molecule has 0 nitrogen and oxygen atoms in total. The lowest BCUT2D eigenvalue weighted by Gasteiger charge is -2.22. The molecule has 0 bridgehead atoms. The molecule has 0 N–H and O–H groups in total. The van der Waals surface area contributed by atoms with Gasteiger partial charge in [0, 0.05) is 5.41 Å². The van der Waals surface area contributed by atoms with Gasteiger partial charge in [0.15, 0.2) is 0 Å². The van der Waals surface area contributed by atoms with Crippen molar-refractivity contribution in [1.29, 1.82) is 0 Å². The Labute approximate surface area is 166 Å². The van der Waals surface area contributed by atoms with Gasteiger partial charge in [-0.3, -0.25) is 0 Å². The van der Waals surface area contributed by atoms with Gasteiger partial charge in [-0.1, -0.05) is 102 Å². The van der Waals surface area contributed by atoms with Gasteiger partial charge in [-0.05, 0) is 59.0 Å². The molecule has 0 unspecified atom stereocenters. The van der Waals surface area contributed by atoms with Crippen LogP contribution in [0.2, 0.25) is 0 Å². The third-order valence-corrected chi connectivity index (χ3v) is 5.44.